The number of aryl methyl sites for hydroxylation is 1. The summed E-state index contributed by atoms with van der Waals surface area (Å²) in [6.07, 6.45) is 5.30. The van der Waals surface area contributed by atoms with Crippen molar-refractivity contribution >= 4 is 49.2 Å². The van der Waals surface area contributed by atoms with Gasteiger partial charge in [0, 0.05) is 18.6 Å². The smallest absolute Gasteiger partial charge is 0.241 e. The van der Waals surface area contributed by atoms with Gasteiger partial charge in [0.2, 0.25) is 5.52 Å². The third-order valence-corrected chi connectivity index (χ3v) is 5.91. The van der Waals surface area contributed by atoms with E-state index in [0.29, 0.717) is 0 Å². The summed E-state index contributed by atoms with van der Waals surface area (Å²) < 4.78 is 4.83. The highest BCUT2D eigenvalue weighted by Crippen LogP contribution is 2.23. The summed E-state index contributed by atoms with van der Waals surface area (Å²) in [6.45, 7) is 0. The van der Waals surface area contributed by atoms with E-state index < -0.39 is 0 Å². The van der Waals surface area contributed by atoms with Crippen LogP contribution in [0, 0.1) is 0 Å². The fourth-order valence-corrected chi connectivity index (χ4v) is 4.56. The Labute approximate surface area is 137 Å². The summed E-state index contributed by atoms with van der Waals surface area (Å²) in [5, 5.41) is 2.43. The number of fused-ring (bicyclic) bond motifs is 2. The molecule has 0 aliphatic heterocycles. The number of rotatable bonds is 3. The van der Waals surface area contributed by atoms with Crippen molar-refractivity contribution in [3.63, 3.8) is 0 Å². The Hall–Kier alpha value is -2.04. The van der Waals surface area contributed by atoms with Gasteiger partial charge in [-0.2, -0.15) is 4.57 Å². The first-order chi connectivity index (χ1) is 10.8. The highest BCUT2D eigenvalue weighted by molar-refractivity contribution is 7.19. The molecule has 2 aromatic heterocycles. The zero-order valence-corrected chi connectivity index (χ0v) is 13.8. The van der Waals surface area contributed by atoms with Gasteiger partial charge >= 0.3 is 0 Å². The molecule has 0 aliphatic rings. The lowest BCUT2D eigenvalue weighted by molar-refractivity contribution is -0.642. The molecule has 0 unspecified atom stereocenters. The predicted octanol–water partition coefficient (Wildman–Crippen LogP) is 4.59. The molecule has 0 bridgehead atoms. The fraction of sp³-hybridized carbons (Fsp3) is 0.111. The van der Waals surface area contributed by atoms with Crippen molar-refractivity contribution in [2.45, 2.75) is 6.42 Å². The molecule has 108 valence electrons. The molecule has 4 aromatic rings. The van der Waals surface area contributed by atoms with E-state index >= 15 is 0 Å². The van der Waals surface area contributed by atoms with E-state index in [0.717, 1.165) is 11.9 Å². The lowest BCUT2D eigenvalue weighted by Gasteiger charge is -1.87. The Morgan fingerprint density at radius 2 is 1.77 bits per heavy atom. The van der Waals surface area contributed by atoms with Crippen molar-refractivity contribution in [2.75, 3.05) is 0 Å². The van der Waals surface area contributed by atoms with Crippen LogP contribution in [0.15, 0.2) is 54.6 Å². The summed E-state index contributed by atoms with van der Waals surface area (Å²) >= 11 is 3.60. The predicted molar refractivity (Wildman–Crippen MR) is 95.4 cm³/mol. The Bertz CT molecular complexity index is 946. The summed E-state index contributed by atoms with van der Waals surface area (Å²) in [6, 6.07) is 16.8. The van der Waals surface area contributed by atoms with Crippen LogP contribution in [-0.4, -0.2) is 4.98 Å². The van der Waals surface area contributed by atoms with E-state index in [1.807, 2.05) is 17.4 Å². The minimum atomic E-state index is 0.883. The van der Waals surface area contributed by atoms with Gasteiger partial charge in [-0.25, -0.2) is 4.98 Å². The molecular weight excluding hydrogens is 308 g/mol. The second-order valence-electron chi connectivity index (χ2n) is 5.15. The molecule has 2 aromatic carbocycles. The molecule has 0 amide bonds. The number of hydrogen-bond donors (Lipinski definition) is 0. The Balaban J connectivity index is 1.59. The second-order valence-corrected chi connectivity index (χ2v) is 7.33. The zero-order valence-electron chi connectivity index (χ0n) is 12.2. The number of hydrogen-bond acceptors (Lipinski definition) is 3. The molecule has 2 heterocycles. The van der Waals surface area contributed by atoms with E-state index in [9.17, 15) is 0 Å². The number of para-hydroxylation sites is 2. The molecule has 0 atom stereocenters. The van der Waals surface area contributed by atoms with Crippen LogP contribution in [0.3, 0.4) is 0 Å². The minimum absolute atomic E-state index is 0.883. The summed E-state index contributed by atoms with van der Waals surface area (Å²) in [7, 11) is 2.12. The second kappa shape index (κ2) is 5.63. The normalized spacial score (nSPS) is 11.9. The Morgan fingerprint density at radius 1 is 1.00 bits per heavy atom. The van der Waals surface area contributed by atoms with Crippen molar-refractivity contribution in [2.24, 2.45) is 7.05 Å². The van der Waals surface area contributed by atoms with Gasteiger partial charge in [0.05, 0.1) is 15.2 Å². The highest BCUT2D eigenvalue weighted by Gasteiger charge is 2.13. The average molecular weight is 323 g/mol. The van der Waals surface area contributed by atoms with E-state index in [2.05, 4.69) is 71.2 Å². The van der Waals surface area contributed by atoms with E-state index in [1.165, 1.54) is 24.9 Å². The zero-order chi connectivity index (χ0) is 14.9. The molecule has 0 saturated carbocycles. The van der Waals surface area contributed by atoms with E-state index in [-0.39, 0.29) is 0 Å². The molecule has 4 rings (SSSR count). The van der Waals surface area contributed by atoms with Gasteiger partial charge in [-0.3, -0.25) is 0 Å². The van der Waals surface area contributed by atoms with Gasteiger partial charge in [-0.1, -0.05) is 41.7 Å². The van der Waals surface area contributed by atoms with Crippen LogP contribution < -0.4 is 4.57 Å². The van der Waals surface area contributed by atoms with Gasteiger partial charge in [-0.15, -0.1) is 11.3 Å². The van der Waals surface area contributed by atoms with Crippen molar-refractivity contribution in [1.82, 2.24) is 4.98 Å². The molecule has 0 spiro atoms. The van der Waals surface area contributed by atoms with Crippen molar-refractivity contribution in [3.8, 4) is 0 Å². The van der Waals surface area contributed by atoms with Crippen LogP contribution in [0.1, 0.15) is 10.0 Å². The first-order valence-corrected chi connectivity index (χ1v) is 8.83. The number of benzene rings is 2. The summed E-state index contributed by atoms with van der Waals surface area (Å²) in [5.41, 5.74) is 2.38. The SMILES string of the molecule is C[n+]1c(C=CCc2nc3ccccc3s2)sc2ccccc21. The maximum atomic E-state index is 4.67. The van der Waals surface area contributed by atoms with Gasteiger partial charge in [0.15, 0.2) is 0 Å². The molecule has 0 fully saturated rings. The van der Waals surface area contributed by atoms with Crippen LogP contribution >= 0.6 is 22.7 Å². The van der Waals surface area contributed by atoms with Crippen LogP contribution in [0.5, 0.6) is 0 Å². The average Bonchev–Trinajstić information content (AvgIpc) is 3.09. The Kier molecular flexibility index (Phi) is 3.48. The third-order valence-electron chi connectivity index (χ3n) is 3.66. The summed E-state index contributed by atoms with van der Waals surface area (Å²) in [5.74, 6) is 0. The maximum Gasteiger partial charge on any atom is 0.262 e. The first-order valence-electron chi connectivity index (χ1n) is 7.20. The van der Waals surface area contributed by atoms with E-state index in [1.54, 1.807) is 11.3 Å². The van der Waals surface area contributed by atoms with Crippen molar-refractivity contribution in [3.05, 3.63) is 64.6 Å². The standard InChI is InChI=1S/C18H15N2S2/c1-20-14-8-3-5-10-16(14)22-18(20)12-6-11-17-19-13-7-2-4-9-15(13)21-17/h2-10,12H,11H2,1H3/q+1. The molecule has 0 aliphatic carbocycles. The molecular formula is C18H15N2S2+. The third kappa shape index (κ3) is 2.45. The quantitative estimate of drug-likeness (QED) is 0.504. The number of aromatic nitrogens is 2. The van der Waals surface area contributed by atoms with E-state index in [4.69, 9.17) is 0 Å². The number of nitrogens with zero attached hydrogens (tertiary/aromatic N) is 2. The first kappa shape index (κ1) is 13.6. The summed E-state index contributed by atoms with van der Waals surface area (Å²) in [4.78, 5) is 4.67. The molecule has 0 radical (unpaired) electrons. The van der Waals surface area contributed by atoms with Gasteiger partial charge < -0.3 is 0 Å². The number of allylic oxidation sites excluding steroid dienone is 1. The van der Waals surface area contributed by atoms with Crippen molar-refractivity contribution < 1.29 is 4.57 Å². The lowest BCUT2D eigenvalue weighted by atomic mass is 10.3. The van der Waals surface area contributed by atoms with Crippen LogP contribution in [0.4, 0.5) is 0 Å². The van der Waals surface area contributed by atoms with Crippen LogP contribution in [-0.2, 0) is 13.5 Å². The van der Waals surface area contributed by atoms with Crippen LogP contribution in [0.2, 0.25) is 0 Å². The van der Waals surface area contributed by atoms with Gasteiger partial charge in [0.25, 0.3) is 5.01 Å². The highest BCUT2D eigenvalue weighted by atomic mass is 32.1. The molecule has 22 heavy (non-hydrogen) atoms. The monoisotopic (exact) mass is 323 g/mol. The lowest BCUT2D eigenvalue weighted by Crippen LogP contribution is -2.28. The fourth-order valence-electron chi connectivity index (χ4n) is 2.53. The van der Waals surface area contributed by atoms with Crippen molar-refractivity contribution in [1.29, 1.82) is 0 Å². The molecule has 2 nitrogen and oxygen atoms in total. The minimum Gasteiger partial charge on any atom is -0.241 e. The molecule has 4 heteroatoms. The van der Waals surface area contributed by atoms with Gasteiger partial charge in [0.1, 0.15) is 11.7 Å². The molecule has 0 saturated heterocycles. The van der Waals surface area contributed by atoms with Crippen LogP contribution in [0.25, 0.3) is 26.5 Å². The number of thiazole rings is 2. The Morgan fingerprint density at radius 3 is 2.59 bits per heavy atom. The topological polar surface area (TPSA) is 16.8 Å². The van der Waals surface area contributed by atoms with Gasteiger partial charge in [-0.05, 0) is 18.2 Å². The molecule has 0 N–H and O–H groups in total. The largest absolute Gasteiger partial charge is 0.262 e. The maximum absolute atomic E-state index is 4.67.